The average molecular weight is 302 g/mol. The van der Waals surface area contributed by atoms with Gasteiger partial charge in [0.25, 0.3) is 0 Å². The number of para-hydroxylation sites is 1. The minimum absolute atomic E-state index is 0.145. The van der Waals surface area contributed by atoms with Crippen LogP contribution in [0.15, 0.2) is 29.2 Å². The van der Waals surface area contributed by atoms with E-state index in [1.54, 1.807) is 7.05 Å². The van der Waals surface area contributed by atoms with Gasteiger partial charge in [-0.2, -0.15) is 0 Å². The lowest BCUT2D eigenvalue weighted by Crippen LogP contribution is -2.30. The molecule has 6 heteroatoms. The number of unbranched alkanes of at least 4 members (excludes halogenated alkanes) is 1. The summed E-state index contributed by atoms with van der Waals surface area (Å²) in [6.45, 7) is 2.64. The molecule has 0 aliphatic heterocycles. The Bertz CT molecular complexity index is 489. The first-order valence-corrected chi connectivity index (χ1v) is 8.98. The Labute approximate surface area is 120 Å². The zero-order valence-electron chi connectivity index (χ0n) is 11.5. The highest BCUT2D eigenvalue weighted by Gasteiger charge is 2.16. The summed E-state index contributed by atoms with van der Waals surface area (Å²) >= 11 is 1.48. The Balaban J connectivity index is 2.46. The largest absolute Gasteiger partial charge is 0.398 e. The molecule has 0 radical (unpaired) electrons. The maximum absolute atomic E-state index is 12.0. The van der Waals surface area contributed by atoms with E-state index in [2.05, 4.69) is 6.92 Å². The number of rotatable bonds is 8. The fraction of sp³-hybridized carbons (Fsp3) is 0.538. The van der Waals surface area contributed by atoms with E-state index in [0.29, 0.717) is 18.0 Å². The number of hydrogen-bond donors (Lipinski definition) is 1. The van der Waals surface area contributed by atoms with Crippen molar-refractivity contribution in [1.82, 2.24) is 4.31 Å². The first kappa shape index (κ1) is 16.3. The molecule has 0 aromatic heterocycles. The van der Waals surface area contributed by atoms with E-state index in [-0.39, 0.29) is 5.75 Å². The van der Waals surface area contributed by atoms with Crippen LogP contribution >= 0.6 is 11.8 Å². The van der Waals surface area contributed by atoms with Gasteiger partial charge in [-0.1, -0.05) is 25.5 Å². The second-order valence-electron chi connectivity index (χ2n) is 4.38. The van der Waals surface area contributed by atoms with Crippen LogP contribution in [0.25, 0.3) is 0 Å². The van der Waals surface area contributed by atoms with Crippen LogP contribution in [0.4, 0.5) is 5.69 Å². The van der Waals surface area contributed by atoms with E-state index in [0.717, 1.165) is 17.7 Å². The Kier molecular flexibility index (Phi) is 6.68. The molecule has 0 fully saturated rings. The van der Waals surface area contributed by atoms with Gasteiger partial charge in [-0.3, -0.25) is 0 Å². The molecule has 1 rings (SSSR count). The van der Waals surface area contributed by atoms with Crippen molar-refractivity contribution in [2.45, 2.75) is 24.7 Å². The molecule has 0 heterocycles. The normalized spacial score (nSPS) is 11.9. The fourth-order valence-electron chi connectivity index (χ4n) is 1.54. The third-order valence-corrected chi connectivity index (χ3v) is 6.02. The maximum atomic E-state index is 12.0. The monoisotopic (exact) mass is 302 g/mol. The molecular weight excluding hydrogens is 280 g/mol. The summed E-state index contributed by atoms with van der Waals surface area (Å²) in [6.07, 6.45) is 1.89. The molecule has 0 amide bonds. The minimum atomic E-state index is -3.14. The molecule has 0 saturated heterocycles. The molecule has 1 aromatic rings. The highest BCUT2D eigenvalue weighted by molar-refractivity contribution is 8.00. The topological polar surface area (TPSA) is 63.4 Å². The number of hydrogen-bond acceptors (Lipinski definition) is 4. The summed E-state index contributed by atoms with van der Waals surface area (Å²) in [5, 5.41) is 0. The molecule has 4 nitrogen and oxygen atoms in total. The number of thioether (sulfide) groups is 1. The van der Waals surface area contributed by atoms with Gasteiger partial charge in [0.15, 0.2) is 0 Å². The van der Waals surface area contributed by atoms with E-state index in [1.807, 2.05) is 24.3 Å². The Morgan fingerprint density at radius 3 is 2.63 bits per heavy atom. The van der Waals surface area contributed by atoms with Crippen molar-refractivity contribution in [3.8, 4) is 0 Å². The van der Waals surface area contributed by atoms with Crippen molar-refractivity contribution in [2.24, 2.45) is 0 Å². The lowest BCUT2D eigenvalue weighted by molar-refractivity contribution is 0.460. The van der Waals surface area contributed by atoms with Crippen molar-refractivity contribution >= 4 is 27.5 Å². The van der Waals surface area contributed by atoms with Crippen LogP contribution in [-0.4, -0.2) is 37.8 Å². The van der Waals surface area contributed by atoms with E-state index in [9.17, 15) is 8.42 Å². The van der Waals surface area contributed by atoms with Crippen LogP contribution in [0.3, 0.4) is 0 Å². The highest BCUT2D eigenvalue weighted by atomic mass is 32.2. The van der Waals surface area contributed by atoms with Crippen molar-refractivity contribution in [3.63, 3.8) is 0 Å². The van der Waals surface area contributed by atoms with Gasteiger partial charge < -0.3 is 5.73 Å². The van der Waals surface area contributed by atoms with Crippen LogP contribution < -0.4 is 5.73 Å². The second-order valence-corrected chi connectivity index (χ2v) is 7.71. The van der Waals surface area contributed by atoms with Crippen LogP contribution in [0.5, 0.6) is 0 Å². The molecule has 0 aliphatic rings. The van der Waals surface area contributed by atoms with E-state index in [1.165, 1.54) is 16.1 Å². The quantitative estimate of drug-likeness (QED) is 0.592. The van der Waals surface area contributed by atoms with E-state index < -0.39 is 10.0 Å². The second kappa shape index (κ2) is 7.77. The molecule has 0 spiro atoms. The molecule has 108 valence electrons. The van der Waals surface area contributed by atoms with Crippen molar-refractivity contribution in [2.75, 3.05) is 30.8 Å². The van der Waals surface area contributed by atoms with Gasteiger partial charge in [0, 0.05) is 29.9 Å². The summed E-state index contributed by atoms with van der Waals surface area (Å²) in [6, 6.07) is 7.51. The predicted molar refractivity (Wildman–Crippen MR) is 82.9 cm³/mol. The third kappa shape index (κ3) is 5.42. The zero-order valence-corrected chi connectivity index (χ0v) is 13.1. The molecular formula is C13H22N2O2S2. The number of benzene rings is 1. The Morgan fingerprint density at radius 2 is 2.00 bits per heavy atom. The van der Waals surface area contributed by atoms with Crippen LogP contribution in [0.1, 0.15) is 19.8 Å². The summed E-state index contributed by atoms with van der Waals surface area (Å²) in [4.78, 5) is 0.939. The SMILES string of the molecule is CCCCN(C)S(=O)(=O)CCSc1ccccc1N. The van der Waals surface area contributed by atoms with E-state index in [4.69, 9.17) is 5.73 Å². The minimum Gasteiger partial charge on any atom is -0.398 e. The number of nitrogens with two attached hydrogens (primary N) is 1. The van der Waals surface area contributed by atoms with Gasteiger partial charge in [0.05, 0.1) is 5.75 Å². The molecule has 0 saturated carbocycles. The summed E-state index contributed by atoms with van der Waals surface area (Å²) in [5.41, 5.74) is 6.51. The lowest BCUT2D eigenvalue weighted by atomic mass is 10.3. The van der Waals surface area contributed by atoms with Crippen LogP contribution in [0.2, 0.25) is 0 Å². The molecule has 0 atom stereocenters. The zero-order chi connectivity index (χ0) is 14.3. The Hall–Kier alpha value is -0.720. The van der Waals surface area contributed by atoms with Gasteiger partial charge in [-0.05, 0) is 18.6 Å². The molecule has 0 aliphatic carbocycles. The predicted octanol–water partition coefficient (Wildman–Crippen LogP) is 2.42. The number of nitrogen functional groups attached to an aromatic ring is 1. The van der Waals surface area contributed by atoms with Crippen molar-refractivity contribution in [3.05, 3.63) is 24.3 Å². The van der Waals surface area contributed by atoms with Crippen molar-refractivity contribution < 1.29 is 8.42 Å². The summed E-state index contributed by atoms with van der Waals surface area (Å²) in [5.74, 6) is 0.666. The Morgan fingerprint density at radius 1 is 1.32 bits per heavy atom. The molecule has 0 bridgehead atoms. The first-order chi connectivity index (χ1) is 8.97. The number of nitrogens with zero attached hydrogens (tertiary/aromatic N) is 1. The standard InChI is InChI=1S/C13H22N2O2S2/c1-3-4-9-15(2)19(16,17)11-10-18-13-8-6-5-7-12(13)14/h5-8H,3-4,9-11,14H2,1-2H3. The lowest BCUT2D eigenvalue weighted by Gasteiger charge is -2.16. The van der Waals surface area contributed by atoms with Gasteiger partial charge in [0.2, 0.25) is 10.0 Å². The van der Waals surface area contributed by atoms with Crippen LogP contribution in [0, 0.1) is 0 Å². The third-order valence-electron chi connectivity index (χ3n) is 2.82. The molecule has 19 heavy (non-hydrogen) atoms. The molecule has 1 aromatic carbocycles. The fourth-order valence-corrected chi connectivity index (χ4v) is 4.07. The van der Waals surface area contributed by atoms with Crippen molar-refractivity contribution in [1.29, 1.82) is 0 Å². The smallest absolute Gasteiger partial charge is 0.214 e. The van der Waals surface area contributed by atoms with Gasteiger partial charge >= 0.3 is 0 Å². The average Bonchev–Trinajstić information content (AvgIpc) is 2.38. The van der Waals surface area contributed by atoms with Crippen LogP contribution in [-0.2, 0) is 10.0 Å². The van der Waals surface area contributed by atoms with Gasteiger partial charge in [-0.15, -0.1) is 11.8 Å². The van der Waals surface area contributed by atoms with Gasteiger partial charge in [0.1, 0.15) is 0 Å². The molecule has 0 unspecified atom stereocenters. The molecule has 2 N–H and O–H groups in total. The summed E-state index contributed by atoms with van der Waals surface area (Å²) < 4.78 is 25.4. The first-order valence-electron chi connectivity index (χ1n) is 6.38. The van der Waals surface area contributed by atoms with Gasteiger partial charge in [-0.25, -0.2) is 12.7 Å². The number of anilines is 1. The summed E-state index contributed by atoms with van der Waals surface area (Å²) in [7, 11) is -1.50. The van der Waals surface area contributed by atoms with E-state index >= 15 is 0 Å². The maximum Gasteiger partial charge on any atom is 0.214 e. The highest BCUT2D eigenvalue weighted by Crippen LogP contribution is 2.24. The number of sulfonamides is 1.